The molecule has 0 radical (unpaired) electrons. The molecule has 0 amide bonds. The molecule has 0 unspecified atom stereocenters. The van der Waals surface area contributed by atoms with Crippen molar-refractivity contribution in [3.05, 3.63) is 12.7 Å². The molecule has 0 heterocycles. The molecule has 0 atom stereocenters. The summed E-state index contributed by atoms with van der Waals surface area (Å²) in [5.74, 6) is 0. The van der Waals surface area contributed by atoms with E-state index in [1.54, 1.807) is 0 Å². The SMILES string of the molecule is C=CC[Si](C)(C)CC=NCCCCCCC. The molecule has 0 saturated carbocycles. The van der Waals surface area contributed by atoms with Gasteiger partial charge in [0.25, 0.3) is 0 Å². The molecule has 16 heavy (non-hydrogen) atoms. The van der Waals surface area contributed by atoms with Gasteiger partial charge in [0.05, 0.1) is 8.07 Å². The molecule has 0 aromatic heterocycles. The number of allylic oxidation sites excluding steroid dienone is 1. The third-order valence-corrected chi connectivity index (χ3v) is 5.54. The van der Waals surface area contributed by atoms with E-state index in [9.17, 15) is 0 Å². The summed E-state index contributed by atoms with van der Waals surface area (Å²) >= 11 is 0. The summed E-state index contributed by atoms with van der Waals surface area (Å²) in [5.41, 5.74) is 0. The van der Waals surface area contributed by atoms with Crippen molar-refractivity contribution in [2.24, 2.45) is 4.99 Å². The molecule has 0 aromatic rings. The summed E-state index contributed by atoms with van der Waals surface area (Å²) in [4.78, 5) is 4.51. The zero-order valence-corrected chi connectivity index (χ0v) is 12.5. The summed E-state index contributed by atoms with van der Waals surface area (Å²) in [5, 5.41) is 0. The van der Waals surface area contributed by atoms with Crippen LogP contribution in [0.3, 0.4) is 0 Å². The fourth-order valence-electron chi connectivity index (χ4n) is 1.68. The highest BCUT2D eigenvalue weighted by molar-refractivity contribution is 6.79. The smallest absolute Gasteiger partial charge is 0.0565 e. The van der Waals surface area contributed by atoms with Gasteiger partial charge < -0.3 is 0 Å². The monoisotopic (exact) mass is 239 g/mol. The Morgan fingerprint density at radius 1 is 1.06 bits per heavy atom. The molecular formula is C14H29NSi. The second-order valence-electron chi connectivity index (χ2n) is 5.36. The van der Waals surface area contributed by atoms with Gasteiger partial charge in [0.15, 0.2) is 0 Å². The van der Waals surface area contributed by atoms with Crippen LogP contribution in [0.25, 0.3) is 0 Å². The van der Waals surface area contributed by atoms with Gasteiger partial charge in [0.1, 0.15) is 0 Å². The number of rotatable bonds is 10. The molecule has 0 saturated heterocycles. The molecule has 2 heteroatoms. The van der Waals surface area contributed by atoms with E-state index in [0.717, 1.165) is 6.54 Å². The average Bonchev–Trinajstić information content (AvgIpc) is 2.22. The number of unbranched alkanes of at least 4 members (excludes halogenated alkanes) is 4. The van der Waals surface area contributed by atoms with Crippen molar-refractivity contribution in [3.63, 3.8) is 0 Å². The molecule has 0 aliphatic rings. The van der Waals surface area contributed by atoms with Gasteiger partial charge in [-0.1, -0.05) is 51.8 Å². The fourth-order valence-corrected chi connectivity index (χ4v) is 3.26. The summed E-state index contributed by atoms with van der Waals surface area (Å²) in [6, 6.07) is 2.41. The third kappa shape index (κ3) is 10.2. The highest BCUT2D eigenvalue weighted by Gasteiger charge is 2.16. The van der Waals surface area contributed by atoms with Crippen molar-refractivity contribution in [3.8, 4) is 0 Å². The lowest BCUT2D eigenvalue weighted by Gasteiger charge is -2.16. The van der Waals surface area contributed by atoms with Crippen LogP contribution in [0.1, 0.15) is 39.0 Å². The highest BCUT2D eigenvalue weighted by Crippen LogP contribution is 2.13. The molecular weight excluding hydrogens is 210 g/mol. The Hall–Kier alpha value is -0.373. The Morgan fingerprint density at radius 2 is 1.75 bits per heavy atom. The zero-order valence-electron chi connectivity index (χ0n) is 11.5. The van der Waals surface area contributed by atoms with Crippen LogP contribution in [0, 0.1) is 0 Å². The van der Waals surface area contributed by atoms with E-state index in [1.165, 1.54) is 44.2 Å². The van der Waals surface area contributed by atoms with E-state index in [0.29, 0.717) is 0 Å². The molecule has 0 N–H and O–H groups in total. The van der Waals surface area contributed by atoms with Gasteiger partial charge in [0.2, 0.25) is 0 Å². The molecule has 0 aliphatic heterocycles. The Bertz CT molecular complexity index is 197. The lowest BCUT2D eigenvalue weighted by molar-refractivity contribution is 0.639. The first-order chi connectivity index (χ1) is 7.62. The first-order valence-corrected chi connectivity index (χ1v) is 10.1. The van der Waals surface area contributed by atoms with Gasteiger partial charge in [-0.3, -0.25) is 4.99 Å². The number of hydrogen-bond donors (Lipinski definition) is 0. The van der Waals surface area contributed by atoms with Crippen LogP contribution in [0.2, 0.25) is 25.2 Å². The van der Waals surface area contributed by atoms with Crippen molar-refractivity contribution in [2.45, 2.75) is 64.2 Å². The van der Waals surface area contributed by atoms with Crippen molar-refractivity contribution in [2.75, 3.05) is 6.54 Å². The van der Waals surface area contributed by atoms with Crippen LogP contribution in [0.5, 0.6) is 0 Å². The largest absolute Gasteiger partial charge is 0.298 e. The summed E-state index contributed by atoms with van der Waals surface area (Å²) in [6.45, 7) is 11.9. The number of aliphatic imine (C=N–C) groups is 1. The van der Waals surface area contributed by atoms with Gasteiger partial charge in [-0.25, -0.2) is 0 Å². The Labute approximate surface area is 103 Å². The Morgan fingerprint density at radius 3 is 2.38 bits per heavy atom. The molecule has 0 aliphatic carbocycles. The maximum Gasteiger partial charge on any atom is 0.0565 e. The van der Waals surface area contributed by atoms with Crippen LogP contribution < -0.4 is 0 Å². The minimum absolute atomic E-state index is 1.03. The quantitative estimate of drug-likeness (QED) is 0.222. The minimum atomic E-state index is -1.05. The van der Waals surface area contributed by atoms with Gasteiger partial charge in [-0.05, 0) is 24.7 Å². The second-order valence-corrected chi connectivity index (χ2v) is 10.5. The van der Waals surface area contributed by atoms with Crippen LogP contribution >= 0.6 is 0 Å². The van der Waals surface area contributed by atoms with Crippen molar-refractivity contribution in [1.29, 1.82) is 0 Å². The Kier molecular flexibility index (Phi) is 9.60. The number of nitrogens with zero attached hydrogens (tertiary/aromatic N) is 1. The Balaban J connectivity index is 3.43. The van der Waals surface area contributed by atoms with Gasteiger partial charge in [0, 0.05) is 6.54 Å². The predicted molar refractivity (Wildman–Crippen MR) is 79.4 cm³/mol. The van der Waals surface area contributed by atoms with E-state index >= 15 is 0 Å². The minimum Gasteiger partial charge on any atom is -0.298 e. The number of hydrogen-bond acceptors (Lipinski definition) is 1. The van der Waals surface area contributed by atoms with Gasteiger partial charge in [-0.2, -0.15) is 0 Å². The zero-order chi connectivity index (χ0) is 12.3. The van der Waals surface area contributed by atoms with E-state index in [4.69, 9.17) is 0 Å². The maximum atomic E-state index is 4.51. The van der Waals surface area contributed by atoms with Crippen molar-refractivity contribution in [1.82, 2.24) is 0 Å². The van der Waals surface area contributed by atoms with Crippen LogP contribution in [-0.4, -0.2) is 20.8 Å². The first kappa shape index (κ1) is 15.6. The normalized spacial score (nSPS) is 12.2. The van der Waals surface area contributed by atoms with E-state index in [1.807, 2.05) is 0 Å². The van der Waals surface area contributed by atoms with E-state index in [-0.39, 0.29) is 0 Å². The standard InChI is InChI=1S/C14H29NSi/c1-5-7-8-9-10-11-15-12-14-16(3,4)13-6-2/h6,12H,2,5,7-11,13-14H2,1,3-4H3. The van der Waals surface area contributed by atoms with Crippen molar-refractivity contribution < 1.29 is 0 Å². The fraction of sp³-hybridized carbons (Fsp3) is 0.786. The summed E-state index contributed by atoms with van der Waals surface area (Å²) < 4.78 is 0. The summed E-state index contributed by atoms with van der Waals surface area (Å²) in [7, 11) is -1.05. The molecule has 0 aromatic carbocycles. The predicted octanol–water partition coefficient (Wildman–Crippen LogP) is 4.92. The topological polar surface area (TPSA) is 12.4 Å². The molecule has 0 fully saturated rings. The molecule has 94 valence electrons. The molecule has 0 bridgehead atoms. The highest BCUT2D eigenvalue weighted by atomic mass is 28.3. The lowest BCUT2D eigenvalue weighted by Crippen LogP contribution is -2.24. The van der Waals surface area contributed by atoms with E-state index in [2.05, 4.69) is 43.9 Å². The van der Waals surface area contributed by atoms with Crippen molar-refractivity contribution >= 4 is 14.3 Å². The summed E-state index contributed by atoms with van der Waals surface area (Å²) in [6.07, 6.45) is 10.9. The molecule has 1 nitrogen and oxygen atoms in total. The molecule has 0 rings (SSSR count). The van der Waals surface area contributed by atoms with E-state index < -0.39 is 8.07 Å². The van der Waals surface area contributed by atoms with Crippen LogP contribution in [0.4, 0.5) is 0 Å². The van der Waals surface area contributed by atoms with Crippen LogP contribution in [0.15, 0.2) is 17.6 Å². The van der Waals surface area contributed by atoms with Crippen LogP contribution in [-0.2, 0) is 0 Å². The lowest BCUT2D eigenvalue weighted by atomic mass is 10.2. The average molecular weight is 239 g/mol. The second kappa shape index (κ2) is 9.82. The maximum absolute atomic E-state index is 4.51. The molecule has 0 spiro atoms. The van der Waals surface area contributed by atoms with Gasteiger partial charge >= 0.3 is 0 Å². The third-order valence-electron chi connectivity index (χ3n) is 2.86. The van der Waals surface area contributed by atoms with Gasteiger partial charge in [-0.15, -0.1) is 6.58 Å². The first-order valence-electron chi connectivity index (χ1n) is 6.71.